The van der Waals surface area contributed by atoms with Crippen LogP contribution < -0.4 is 0 Å². The second-order valence-corrected chi connectivity index (χ2v) is 8.15. The smallest absolute Gasteiger partial charge is 0.320 e. The predicted octanol–water partition coefficient (Wildman–Crippen LogP) is 5.24. The molecule has 0 amide bonds. The number of carboxylic acids is 1. The van der Waals surface area contributed by atoms with Crippen LogP contribution in [0.3, 0.4) is 0 Å². The maximum absolute atomic E-state index is 12.0. The molecule has 0 aliphatic carbocycles. The van der Waals surface area contributed by atoms with Crippen molar-refractivity contribution in [2.75, 3.05) is 6.54 Å². The lowest BCUT2D eigenvalue weighted by Crippen LogP contribution is -2.46. The minimum absolute atomic E-state index is 0.00463. The first-order valence-corrected chi connectivity index (χ1v) is 9.99. The summed E-state index contributed by atoms with van der Waals surface area (Å²) in [4.78, 5) is 15.4. The van der Waals surface area contributed by atoms with Gasteiger partial charge in [-0.3, -0.25) is 9.69 Å². The second kappa shape index (κ2) is 7.22. The van der Waals surface area contributed by atoms with E-state index >= 15 is 0 Å². The fourth-order valence-electron chi connectivity index (χ4n) is 4.05. The van der Waals surface area contributed by atoms with Crippen molar-refractivity contribution in [1.29, 1.82) is 0 Å². The number of piperidine rings is 1. The number of aliphatic carboxylic acids is 1. The van der Waals surface area contributed by atoms with Crippen LogP contribution in [0.4, 0.5) is 0 Å². The Bertz CT molecular complexity index is 900. The van der Waals surface area contributed by atoms with E-state index in [2.05, 4.69) is 60.4 Å². The van der Waals surface area contributed by atoms with E-state index in [-0.39, 0.29) is 6.04 Å². The highest BCUT2D eigenvalue weighted by atomic mass is 32.1. The number of hydrogen-bond donors (Lipinski definition) is 1. The third-order valence-corrected chi connectivity index (χ3v) is 6.53. The van der Waals surface area contributed by atoms with Crippen molar-refractivity contribution in [2.24, 2.45) is 0 Å². The Hall–Kier alpha value is -2.17. The molecule has 0 bridgehead atoms. The van der Waals surface area contributed by atoms with E-state index in [1.807, 2.05) is 6.07 Å². The molecule has 1 aromatic heterocycles. The van der Waals surface area contributed by atoms with Crippen LogP contribution in [-0.2, 0) is 4.79 Å². The first-order valence-electron chi connectivity index (χ1n) is 9.17. The van der Waals surface area contributed by atoms with Crippen LogP contribution in [-0.4, -0.2) is 28.6 Å². The van der Waals surface area contributed by atoms with Gasteiger partial charge >= 0.3 is 5.97 Å². The third-order valence-electron chi connectivity index (χ3n) is 5.36. The monoisotopic (exact) mass is 365 g/mol. The zero-order valence-corrected chi connectivity index (χ0v) is 15.7. The topological polar surface area (TPSA) is 40.5 Å². The number of nitrogens with zero attached hydrogens (tertiary/aromatic N) is 1. The number of thiophene rings is 1. The minimum atomic E-state index is -0.704. The van der Waals surface area contributed by atoms with Gasteiger partial charge in [0.2, 0.25) is 0 Å². The van der Waals surface area contributed by atoms with E-state index in [1.165, 1.54) is 26.1 Å². The zero-order chi connectivity index (χ0) is 18.1. The van der Waals surface area contributed by atoms with Gasteiger partial charge in [-0.05, 0) is 55.0 Å². The third kappa shape index (κ3) is 3.15. The van der Waals surface area contributed by atoms with Gasteiger partial charge in [-0.25, -0.2) is 0 Å². The summed E-state index contributed by atoms with van der Waals surface area (Å²) >= 11 is 1.78. The van der Waals surface area contributed by atoms with Crippen molar-refractivity contribution in [3.05, 3.63) is 70.6 Å². The van der Waals surface area contributed by atoms with Crippen molar-refractivity contribution in [3.63, 3.8) is 0 Å². The number of carbonyl (C=O) groups is 1. The lowest BCUT2D eigenvalue weighted by Gasteiger charge is -2.39. The Balaban J connectivity index is 1.86. The number of hydrogen-bond acceptors (Lipinski definition) is 3. The van der Waals surface area contributed by atoms with Gasteiger partial charge in [-0.2, -0.15) is 0 Å². The van der Waals surface area contributed by atoms with E-state index in [1.54, 1.807) is 11.3 Å². The molecule has 1 N–H and O–H groups in total. The molecule has 134 valence electrons. The molecular formula is C22H23NO2S. The number of carboxylic acid groups (broad SMARTS) is 1. The first-order chi connectivity index (χ1) is 12.6. The van der Waals surface area contributed by atoms with E-state index < -0.39 is 12.0 Å². The summed E-state index contributed by atoms with van der Waals surface area (Å²) in [6, 6.07) is 18.6. The molecule has 1 fully saturated rings. The molecule has 0 radical (unpaired) electrons. The maximum atomic E-state index is 12.0. The van der Waals surface area contributed by atoms with Gasteiger partial charge in [0.05, 0.1) is 6.04 Å². The summed E-state index contributed by atoms with van der Waals surface area (Å²) in [6.07, 6.45) is 2.76. The SMILES string of the molecule is Cc1ccccc1C(c1cc2ccccc2s1)N1CCCCC1C(=O)O. The van der Waals surface area contributed by atoms with Crippen LogP contribution in [0.25, 0.3) is 10.1 Å². The van der Waals surface area contributed by atoms with Gasteiger partial charge in [-0.1, -0.05) is 48.9 Å². The number of fused-ring (bicyclic) bond motifs is 1. The molecule has 3 aromatic rings. The van der Waals surface area contributed by atoms with Crippen LogP contribution in [0.15, 0.2) is 54.6 Å². The van der Waals surface area contributed by atoms with Crippen molar-refractivity contribution < 1.29 is 9.90 Å². The van der Waals surface area contributed by atoms with Crippen LogP contribution in [0, 0.1) is 6.92 Å². The summed E-state index contributed by atoms with van der Waals surface area (Å²) in [5.74, 6) is -0.704. The Morgan fingerprint density at radius 2 is 1.92 bits per heavy atom. The molecule has 2 heterocycles. The summed E-state index contributed by atoms with van der Waals surface area (Å²) in [7, 11) is 0. The Kier molecular flexibility index (Phi) is 4.79. The molecule has 2 atom stereocenters. The standard InChI is InChI=1S/C22H23NO2S/c1-15-8-2-4-10-17(15)21(23-13-7-6-11-18(23)22(24)25)20-14-16-9-3-5-12-19(16)26-20/h2-5,8-10,12,14,18,21H,6-7,11,13H2,1H3,(H,24,25). The molecule has 0 spiro atoms. The lowest BCUT2D eigenvalue weighted by molar-refractivity contribution is -0.145. The molecule has 26 heavy (non-hydrogen) atoms. The van der Waals surface area contributed by atoms with E-state index in [9.17, 15) is 9.90 Å². The fourth-order valence-corrected chi connectivity index (χ4v) is 5.26. The van der Waals surface area contributed by atoms with E-state index in [4.69, 9.17) is 0 Å². The number of rotatable bonds is 4. The predicted molar refractivity (Wildman–Crippen MR) is 107 cm³/mol. The molecule has 3 nitrogen and oxygen atoms in total. The van der Waals surface area contributed by atoms with E-state index in [0.29, 0.717) is 0 Å². The first kappa shape index (κ1) is 17.3. The quantitative estimate of drug-likeness (QED) is 0.687. The molecule has 2 aromatic carbocycles. The van der Waals surface area contributed by atoms with Crippen molar-refractivity contribution >= 4 is 27.4 Å². The molecule has 1 saturated heterocycles. The van der Waals surface area contributed by atoms with Gasteiger partial charge in [0, 0.05) is 9.58 Å². The van der Waals surface area contributed by atoms with Crippen LogP contribution in [0.1, 0.15) is 41.3 Å². The minimum Gasteiger partial charge on any atom is -0.480 e. The number of benzene rings is 2. The molecule has 0 saturated carbocycles. The molecule has 2 unspecified atom stereocenters. The normalized spacial score (nSPS) is 19.5. The second-order valence-electron chi connectivity index (χ2n) is 7.03. The fraction of sp³-hybridized carbons (Fsp3) is 0.318. The average molecular weight is 365 g/mol. The van der Waals surface area contributed by atoms with Crippen molar-refractivity contribution in [3.8, 4) is 0 Å². The maximum Gasteiger partial charge on any atom is 0.320 e. The number of likely N-dealkylation sites (tertiary alicyclic amines) is 1. The summed E-state index contributed by atoms with van der Waals surface area (Å²) in [5, 5.41) is 11.1. The average Bonchev–Trinajstić information content (AvgIpc) is 3.07. The van der Waals surface area contributed by atoms with Crippen molar-refractivity contribution in [1.82, 2.24) is 4.90 Å². The van der Waals surface area contributed by atoms with Gasteiger partial charge in [-0.15, -0.1) is 11.3 Å². The lowest BCUT2D eigenvalue weighted by atomic mass is 9.93. The molecule has 4 rings (SSSR count). The molecule has 1 aliphatic rings. The van der Waals surface area contributed by atoms with Gasteiger partial charge in [0.25, 0.3) is 0 Å². The molecule has 1 aliphatic heterocycles. The highest BCUT2D eigenvalue weighted by molar-refractivity contribution is 7.19. The van der Waals surface area contributed by atoms with Gasteiger partial charge in [0.15, 0.2) is 0 Å². The number of aryl methyl sites for hydroxylation is 1. The van der Waals surface area contributed by atoms with Crippen LogP contribution in [0.5, 0.6) is 0 Å². The van der Waals surface area contributed by atoms with Crippen molar-refractivity contribution in [2.45, 2.75) is 38.3 Å². The summed E-state index contributed by atoms with van der Waals surface area (Å²) < 4.78 is 1.25. The van der Waals surface area contributed by atoms with Gasteiger partial charge in [0.1, 0.15) is 6.04 Å². The Morgan fingerprint density at radius 3 is 2.69 bits per heavy atom. The Morgan fingerprint density at radius 1 is 1.15 bits per heavy atom. The highest BCUT2D eigenvalue weighted by Crippen LogP contribution is 2.40. The zero-order valence-electron chi connectivity index (χ0n) is 14.9. The summed E-state index contributed by atoms with van der Waals surface area (Å²) in [6.45, 7) is 2.94. The summed E-state index contributed by atoms with van der Waals surface area (Å²) in [5.41, 5.74) is 2.43. The largest absolute Gasteiger partial charge is 0.480 e. The van der Waals surface area contributed by atoms with E-state index in [0.717, 1.165) is 25.8 Å². The highest BCUT2D eigenvalue weighted by Gasteiger charge is 2.36. The van der Waals surface area contributed by atoms with Crippen LogP contribution in [0.2, 0.25) is 0 Å². The van der Waals surface area contributed by atoms with Crippen LogP contribution >= 0.6 is 11.3 Å². The molecule has 4 heteroatoms. The molecular weight excluding hydrogens is 342 g/mol. The Labute approximate surface area is 157 Å². The van der Waals surface area contributed by atoms with Gasteiger partial charge < -0.3 is 5.11 Å².